The monoisotopic (exact) mass is 459 g/mol. The Kier molecular flexibility index (Phi) is 19.4. The first-order valence-electron chi connectivity index (χ1n) is 13.7. The summed E-state index contributed by atoms with van der Waals surface area (Å²) in [6.07, 6.45) is 25.1. The lowest BCUT2D eigenvalue weighted by Gasteiger charge is -2.05. The second kappa shape index (κ2) is 22.0. The van der Waals surface area contributed by atoms with Crippen LogP contribution < -0.4 is 5.32 Å². The van der Waals surface area contributed by atoms with E-state index in [1.165, 1.54) is 96.3 Å². The predicted molar refractivity (Wildman–Crippen MR) is 140 cm³/mol. The van der Waals surface area contributed by atoms with E-state index in [4.69, 9.17) is 5.11 Å². The summed E-state index contributed by atoms with van der Waals surface area (Å²) in [4.78, 5) is 22.3. The molecule has 0 aliphatic carbocycles. The molecule has 4 heteroatoms. The highest BCUT2D eigenvalue weighted by molar-refractivity contribution is 5.90. The van der Waals surface area contributed by atoms with Crippen LogP contribution in [0.15, 0.2) is 30.3 Å². The van der Waals surface area contributed by atoms with Crippen LogP contribution in [-0.2, 0) is 9.59 Å². The summed E-state index contributed by atoms with van der Waals surface area (Å²) >= 11 is 0. The average Bonchev–Trinajstić information content (AvgIpc) is 2.80. The van der Waals surface area contributed by atoms with Crippen LogP contribution in [-0.4, -0.2) is 17.0 Å². The molecule has 0 aliphatic rings. The third-order valence-electron chi connectivity index (χ3n) is 6.35. The van der Waals surface area contributed by atoms with Crippen LogP contribution in [0.25, 0.3) is 0 Å². The van der Waals surface area contributed by atoms with Crippen LogP contribution in [0.5, 0.6) is 0 Å². The van der Waals surface area contributed by atoms with E-state index in [1.807, 2.05) is 30.3 Å². The molecule has 0 saturated heterocycles. The minimum Gasteiger partial charge on any atom is -0.481 e. The van der Waals surface area contributed by atoms with Crippen LogP contribution in [0, 0.1) is 0 Å². The number of unbranched alkanes of at least 4 members (excludes halogenated alkanes) is 18. The van der Waals surface area contributed by atoms with E-state index < -0.39 is 5.97 Å². The molecule has 0 fully saturated rings. The number of anilines is 1. The number of aliphatic carboxylic acids is 1. The van der Waals surface area contributed by atoms with Gasteiger partial charge in [0.1, 0.15) is 0 Å². The van der Waals surface area contributed by atoms with Crippen LogP contribution in [0.3, 0.4) is 0 Å². The molecule has 0 bridgehead atoms. The van der Waals surface area contributed by atoms with Crippen LogP contribution >= 0.6 is 0 Å². The van der Waals surface area contributed by atoms with Gasteiger partial charge in [-0.1, -0.05) is 127 Å². The topological polar surface area (TPSA) is 66.4 Å². The van der Waals surface area contributed by atoms with Crippen LogP contribution in [0.4, 0.5) is 5.69 Å². The number of hydrogen-bond donors (Lipinski definition) is 2. The number of rotatable bonds is 23. The zero-order valence-corrected chi connectivity index (χ0v) is 21.0. The van der Waals surface area contributed by atoms with Gasteiger partial charge in [-0.15, -0.1) is 0 Å². The molecule has 1 aromatic rings. The standard InChI is InChI=1S/C29H49NO3/c31-28(30-27-23-19-18-20-24-27)25-21-16-14-12-10-8-6-4-2-1-3-5-7-9-11-13-15-17-22-26-29(32)33/h18-20,23-24H,1-17,21-22,25-26H2,(H,30,31)(H,32,33). The Morgan fingerprint density at radius 3 is 1.21 bits per heavy atom. The number of para-hydroxylation sites is 1. The Labute approximate surface area is 202 Å². The highest BCUT2D eigenvalue weighted by Crippen LogP contribution is 2.15. The van der Waals surface area contributed by atoms with Crippen molar-refractivity contribution in [2.45, 2.75) is 135 Å². The molecule has 4 nitrogen and oxygen atoms in total. The summed E-state index contributed by atoms with van der Waals surface area (Å²) in [6.45, 7) is 0. The van der Waals surface area contributed by atoms with Crippen molar-refractivity contribution < 1.29 is 14.7 Å². The fourth-order valence-electron chi connectivity index (χ4n) is 4.31. The van der Waals surface area contributed by atoms with Crippen molar-refractivity contribution in [3.8, 4) is 0 Å². The summed E-state index contributed by atoms with van der Waals surface area (Å²) < 4.78 is 0. The average molecular weight is 460 g/mol. The van der Waals surface area contributed by atoms with Gasteiger partial charge in [0.2, 0.25) is 5.91 Å². The summed E-state index contributed by atoms with van der Waals surface area (Å²) in [5.41, 5.74) is 0.890. The van der Waals surface area contributed by atoms with Crippen molar-refractivity contribution in [3.63, 3.8) is 0 Å². The molecule has 33 heavy (non-hydrogen) atoms. The van der Waals surface area contributed by atoms with E-state index in [0.29, 0.717) is 12.8 Å². The van der Waals surface area contributed by atoms with Gasteiger partial charge >= 0.3 is 5.97 Å². The van der Waals surface area contributed by atoms with Crippen molar-refractivity contribution in [2.24, 2.45) is 0 Å². The van der Waals surface area contributed by atoms with Crippen molar-refractivity contribution in [2.75, 3.05) is 5.32 Å². The molecule has 0 aromatic heterocycles. The lowest BCUT2D eigenvalue weighted by Crippen LogP contribution is -2.10. The number of benzene rings is 1. The molecule has 0 aliphatic heterocycles. The third-order valence-corrected chi connectivity index (χ3v) is 6.35. The molecule has 1 rings (SSSR count). The maximum absolute atomic E-state index is 11.9. The van der Waals surface area contributed by atoms with Gasteiger partial charge in [-0.2, -0.15) is 0 Å². The Hall–Kier alpha value is -1.84. The molecule has 0 unspecified atom stereocenters. The van der Waals surface area contributed by atoms with Crippen molar-refractivity contribution >= 4 is 17.6 Å². The van der Waals surface area contributed by atoms with E-state index >= 15 is 0 Å². The Bertz CT molecular complexity index is 588. The first-order chi connectivity index (χ1) is 16.2. The summed E-state index contributed by atoms with van der Waals surface area (Å²) in [6, 6.07) is 9.69. The predicted octanol–water partition coefficient (Wildman–Crippen LogP) is 8.90. The normalized spacial score (nSPS) is 10.9. The zero-order chi connectivity index (χ0) is 23.8. The van der Waals surface area contributed by atoms with Crippen molar-refractivity contribution in [1.29, 1.82) is 0 Å². The number of carbonyl (C=O) groups is 2. The first-order valence-corrected chi connectivity index (χ1v) is 13.7. The van der Waals surface area contributed by atoms with Crippen molar-refractivity contribution in [3.05, 3.63) is 30.3 Å². The maximum atomic E-state index is 11.9. The third kappa shape index (κ3) is 20.5. The van der Waals surface area contributed by atoms with Gasteiger partial charge in [-0.25, -0.2) is 0 Å². The van der Waals surface area contributed by atoms with E-state index in [-0.39, 0.29) is 5.91 Å². The molecule has 0 heterocycles. The zero-order valence-electron chi connectivity index (χ0n) is 21.0. The molecule has 0 atom stereocenters. The highest BCUT2D eigenvalue weighted by atomic mass is 16.4. The molecule has 0 radical (unpaired) electrons. The van der Waals surface area contributed by atoms with Crippen LogP contribution in [0.1, 0.15) is 135 Å². The fraction of sp³-hybridized carbons (Fsp3) is 0.724. The Morgan fingerprint density at radius 2 is 0.848 bits per heavy atom. The molecular formula is C29H49NO3. The first kappa shape index (κ1) is 29.2. The van der Waals surface area contributed by atoms with Gasteiger partial charge < -0.3 is 10.4 Å². The molecule has 1 aromatic carbocycles. The molecule has 188 valence electrons. The molecule has 2 N–H and O–H groups in total. The van der Waals surface area contributed by atoms with E-state index in [2.05, 4.69) is 5.32 Å². The minimum atomic E-state index is -0.663. The Morgan fingerprint density at radius 1 is 0.515 bits per heavy atom. The fourth-order valence-corrected chi connectivity index (χ4v) is 4.31. The van der Waals surface area contributed by atoms with Crippen LogP contribution in [0.2, 0.25) is 0 Å². The van der Waals surface area contributed by atoms with Gasteiger partial charge in [-0.05, 0) is 25.0 Å². The van der Waals surface area contributed by atoms with E-state index in [0.717, 1.165) is 31.4 Å². The second-order valence-electron chi connectivity index (χ2n) is 9.53. The smallest absolute Gasteiger partial charge is 0.303 e. The summed E-state index contributed by atoms with van der Waals surface area (Å²) in [5, 5.41) is 11.6. The number of carboxylic acid groups (broad SMARTS) is 1. The number of carboxylic acids is 1. The number of amides is 1. The number of hydrogen-bond acceptors (Lipinski definition) is 2. The number of nitrogens with one attached hydrogen (secondary N) is 1. The van der Waals surface area contributed by atoms with Gasteiger partial charge in [0.05, 0.1) is 0 Å². The lowest BCUT2D eigenvalue weighted by molar-refractivity contribution is -0.137. The molecular weight excluding hydrogens is 410 g/mol. The van der Waals surface area contributed by atoms with Crippen molar-refractivity contribution in [1.82, 2.24) is 0 Å². The number of carbonyl (C=O) groups excluding carboxylic acids is 1. The minimum absolute atomic E-state index is 0.131. The quantitative estimate of drug-likeness (QED) is 0.161. The van der Waals surface area contributed by atoms with Gasteiger partial charge in [0, 0.05) is 18.5 Å². The molecule has 0 spiro atoms. The van der Waals surface area contributed by atoms with Gasteiger partial charge in [0.15, 0.2) is 0 Å². The Balaban J connectivity index is 1.70. The lowest BCUT2D eigenvalue weighted by atomic mass is 10.0. The molecule has 1 amide bonds. The largest absolute Gasteiger partial charge is 0.481 e. The highest BCUT2D eigenvalue weighted by Gasteiger charge is 2.02. The summed E-state index contributed by atoms with van der Waals surface area (Å²) in [7, 11) is 0. The SMILES string of the molecule is O=C(O)CCCCCCCCCCCCCCCCCCCCCC(=O)Nc1ccccc1. The van der Waals surface area contributed by atoms with Gasteiger partial charge in [-0.3, -0.25) is 9.59 Å². The maximum Gasteiger partial charge on any atom is 0.303 e. The molecule has 0 saturated carbocycles. The van der Waals surface area contributed by atoms with E-state index in [1.54, 1.807) is 0 Å². The second-order valence-corrected chi connectivity index (χ2v) is 9.53. The summed E-state index contributed by atoms with van der Waals surface area (Å²) in [5.74, 6) is -0.532. The van der Waals surface area contributed by atoms with Gasteiger partial charge in [0.25, 0.3) is 0 Å². The van der Waals surface area contributed by atoms with E-state index in [9.17, 15) is 9.59 Å².